The Morgan fingerprint density at radius 1 is 1.39 bits per heavy atom. The fourth-order valence-electron chi connectivity index (χ4n) is 1.24. The Kier molecular flexibility index (Phi) is 3.04. The van der Waals surface area contributed by atoms with Crippen molar-refractivity contribution in [2.75, 3.05) is 12.0 Å². The molecule has 1 atom stereocenters. The molecule has 0 spiro atoms. The van der Waals surface area contributed by atoms with E-state index in [0.717, 1.165) is 6.26 Å². The molecular weight excluding hydrogens is 256 g/mol. The summed E-state index contributed by atoms with van der Waals surface area (Å²) in [6.07, 6.45) is 2.61. The van der Waals surface area contributed by atoms with Crippen molar-refractivity contribution in [3.63, 3.8) is 0 Å². The van der Waals surface area contributed by atoms with Crippen LogP contribution in [0.2, 0.25) is 0 Å². The summed E-state index contributed by atoms with van der Waals surface area (Å²) < 4.78 is 27.7. The molecular formula is C10H12N4O3S. The smallest absolute Gasteiger partial charge is 0.259 e. The molecule has 0 aliphatic rings. The van der Waals surface area contributed by atoms with Gasteiger partial charge < -0.3 is 10.3 Å². The Balaban J connectivity index is 2.34. The summed E-state index contributed by atoms with van der Waals surface area (Å²) >= 11 is 0. The zero-order valence-electron chi connectivity index (χ0n) is 9.86. The highest BCUT2D eigenvalue weighted by Gasteiger charge is 2.23. The van der Waals surface area contributed by atoms with Crippen LogP contribution in [0, 0.1) is 0 Å². The van der Waals surface area contributed by atoms with E-state index in [1.807, 2.05) is 0 Å². The number of nitrogen functional groups attached to an aromatic ring is 1. The van der Waals surface area contributed by atoms with Gasteiger partial charge in [-0.15, -0.1) is 0 Å². The molecule has 2 heterocycles. The maximum atomic E-state index is 11.4. The van der Waals surface area contributed by atoms with Gasteiger partial charge in [-0.05, 0) is 19.1 Å². The fraction of sp³-hybridized carbons (Fsp3) is 0.300. The number of nitrogens with zero attached hydrogens (tertiary/aromatic N) is 3. The summed E-state index contributed by atoms with van der Waals surface area (Å²) in [5.41, 5.74) is 6.04. The number of hydrogen-bond acceptors (Lipinski definition) is 7. The van der Waals surface area contributed by atoms with Crippen molar-refractivity contribution in [1.82, 2.24) is 15.1 Å². The number of nitrogens with two attached hydrogens (primary N) is 1. The molecule has 0 aliphatic carbocycles. The minimum atomic E-state index is -3.25. The third kappa shape index (κ3) is 2.48. The molecule has 2 aromatic heterocycles. The van der Waals surface area contributed by atoms with Gasteiger partial charge in [-0.25, -0.2) is 13.4 Å². The van der Waals surface area contributed by atoms with Gasteiger partial charge in [0.1, 0.15) is 11.1 Å². The average Bonchev–Trinajstić information content (AvgIpc) is 2.77. The first-order valence-corrected chi connectivity index (χ1v) is 7.08. The van der Waals surface area contributed by atoms with Gasteiger partial charge >= 0.3 is 0 Å². The third-order valence-electron chi connectivity index (χ3n) is 2.48. The normalized spacial score (nSPS) is 13.4. The van der Waals surface area contributed by atoms with E-state index in [1.165, 1.54) is 13.1 Å². The van der Waals surface area contributed by atoms with Crippen LogP contribution >= 0.6 is 0 Å². The summed E-state index contributed by atoms with van der Waals surface area (Å²) in [5.74, 6) is 0.723. The summed E-state index contributed by atoms with van der Waals surface area (Å²) in [6.45, 7) is 1.51. The first-order chi connectivity index (χ1) is 8.38. The second-order valence-electron chi connectivity index (χ2n) is 3.90. The zero-order chi connectivity index (χ0) is 13.3. The van der Waals surface area contributed by atoms with E-state index in [-0.39, 0.29) is 11.7 Å². The van der Waals surface area contributed by atoms with E-state index < -0.39 is 15.1 Å². The van der Waals surface area contributed by atoms with Crippen LogP contribution in [0.4, 0.5) is 5.82 Å². The van der Waals surface area contributed by atoms with Crippen LogP contribution in [-0.4, -0.2) is 29.8 Å². The van der Waals surface area contributed by atoms with Gasteiger partial charge in [0, 0.05) is 12.5 Å². The maximum absolute atomic E-state index is 11.4. The molecule has 0 bridgehead atoms. The molecule has 2 N–H and O–H groups in total. The van der Waals surface area contributed by atoms with E-state index in [9.17, 15) is 8.42 Å². The van der Waals surface area contributed by atoms with E-state index >= 15 is 0 Å². The Hall–Kier alpha value is -1.96. The van der Waals surface area contributed by atoms with E-state index in [2.05, 4.69) is 15.1 Å². The van der Waals surface area contributed by atoms with Crippen LogP contribution in [0.3, 0.4) is 0 Å². The van der Waals surface area contributed by atoms with E-state index in [1.54, 1.807) is 12.1 Å². The Morgan fingerprint density at radius 3 is 2.67 bits per heavy atom. The van der Waals surface area contributed by atoms with Crippen molar-refractivity contribution >= 4 is 15.7 Å². The SMILES string of the molecule is CC(c1noc(-c2ccc(N)nc2)n1)S(C)(=O)=O. The lowest BCUT2D eigenvalue weighted by Crippen LogP contribution is -2.09. The molecule has 0 radical (unpaired) electrons. The molecule has 7 nitrogen and oxygen atoms in total. The molecule has 0 aromatic carbocycles. The zero-order valence-corrected chi connectivity index (χ0v) is 10.7. The van der Waals surface area contributed by atoms with Crippen molar-refractivity contribution in [2.45, 2.75) is 12.2 Å². The molecule has 8 heteroatoms. The summed E-state index contributed by atoms with van der Waals surface area (Å²) in [5, 5.41) is 2.85. The first kappa shape index (κ1) is 12.5. The minimum Gasteiger partial charge on any atom is -0.384 e. The molecule has 0 amide bonds. The summed E-state index contributed by atoms with van der Waals surface area (Å²) in [4.78, 5) is 7.93. The standard InChI is InChI=1S/C10H12N4O3S/c1-6(18(2,15)16)9-13-10(17-14-9)7-3-4-8(11)12-5-7/h3-6H,1-2H3,(H2,11,12). The van der Waals surface area contributed by atoms with E-state index in [4.69, 9.17) is 10.3 Å². The lowest BCUT2D eigenvalue weighted by molar-refractivity contribution is 0.421. The monoisotopic (exact) mass is 268 g/mol. The highest BCUT2D eigenvalue weighted by atomic mass is 32.2. The number of aromatic nitrogens is 3. The van der Waals surface area contributed by atoms with Crippen molar-refractivity contribution in [2.24, 2.45) is 0 Å². The van der Waals surface area contributed by atoms with Crippen LogP contribution in [0.15, 0.2) is 22.9 Å². The second kappa shape index (κ2) is 4.37. The predicted octanol–water partition coefficient (Wildman–Crippen LogP) is 0.819. The number of hydrogen-bond donors (Lipinski definition) is 1. The predicted molar refractivity (Wildman–Crippen MR) is 65.2 cm³/mol. The molecule has 96 valence electrons. The Morgan fingerprint density at radius 2 is 2.11 bits per heavy atom. The number of pyridine rings is 1. The van der Waals surface area contributed by atoms with E-state index in [0.29, 0.717) is 11.4 Å². The molecule has 0 saturated heterocycles. The van der Waals surface area contributed by atoms with Crippen molar-refractivity contribution < 1.29 is 12.9 Å². The van der Waals surface area contributed by atoms with Gasteiger partial charge in [0.2, 0.25) is 0 Å². The highest BCUT2D eigenvalue weighted by Crippen LogP contribution is 2.22. The van der Waals surface area contributed by atoms with Gasteiger partial charge in [0.25, 0.3) is 5.89 Å². The number of sulfone groups is 1. The van der Waals surface area contributed by atoms with Gasteiger partial charge in [0.05, 0.1) is 5.56 Å². The lowest BCUT2D eigenvalue weighted by atomic mass is 10.3. The van der Waals surface area contributed by atoms with Crippen LogP contribution in [0.25, 0.3) is 11.5 Å². The van der Waals surface area contributed by atoms with Gasteiger partial charge in [-0.2, -0.15) is 4.98 Å². The minimum absolute atomic E-state index is 0.129. The van der Waals surface area contributed by atoms with Crippen molar-refractivity contribution in [3.8, 4) is 11.5 Å². The Bertz CT molecular complexity index is 648. The van der Waals surface area contributed by atoms with Gasteiger partial charge in [-0.3, -0.25) is 0 Å². The third-order valence-corrected chi connectivity index (χ3v) is 3.98. The van der Waals surface area contributed by atoms with Crippen molar-refractivity contribution in [1.29, 1.82) is 0 Å². The molecule has 18 heavy (non-hydrogen) atoms. The highest BCUT2D eigenvalue weighted by molar-refractivity contribution is 7.90. The van der Waals surface area contributed by atoms with Crippen molar-refractivity contribution in [3.05, 3.63) is 24.2 Å². The first-order valence-electron chi connectivity index (χ1n) is 5.12. The molecule has 2 aromatic rings. The van der Waals surface area contributed by atoms with Gasteiger partial charge in [0.15, 0.2) is 15.7 Å². The average molecular weight is 268 g/mol. The van der Waals surface area contributed by atoms with Crippen LogP contribution in [-0.2, 0) is 9.84 Å². The van der Waals surface area contributed by atoms with Crippen LogP contribution < -0.4 is 5.73 Å². The van der Waals surface area contributed by atoms with Crippen LogP contribution in [0.5, 0.6) is 0 Å². The quantitative estimate of drug-likeness (QED) is 0.876. The largest absolute Gasteiger partial charge is 0.384 e. The molecule has 0 fully saturated rings. The molecule has 0 saturated carbocycles. The lowest BCUT2D eigenvalue weighted by Gasteiger charge is -2.01. The second-order valence-corrected chi connectivity index (χ2v) is 6.27. The molecule has 2 rings (SSSR count). The van der Waals surface area contributed by atoms with Crippen LogP contribution in [0.1, 0.15) is 18.0 Å². The maximum Gasteiger partial charge on any atom is 0.259 e. The topological polar surface area (TPSA) is 112 Å². The molecule has 1 unspecified atom stereocenters. The number of rotatable bonds is 3. The Labute approximate surface area is 104 Å². The van der Waals surface area contributed by atoms with Gasteiger partial charge in [-0.1, -0.05) is 5.16 Å². The summed E-state index contributed by atoms with van der Waals surface area (Å²) in [7, 11) is -3.25. The summed E-state index contributed by atoms with van der Waals surface area (Å²) in [6, 6.07) is 3.27. The fourth-order valence-corrected chi connectivity index (χ4v) is 1.72. The molecule has 0 aliphatic heterocycles. The number of anilines is 1.